The van der Waals surface area contributed by atoms with E-state index in [1.165, 1.54) is 6.08 Å². The zero-order valence-electron chi connectivity index (χ0n) is 14.4. The Morgan fingerprint density at radius 2 is 2.12 bits per heavy atom. The fraction of sp³-hybridized carbons (Fsp3) is 0.368. The van der Waals surface area contributed by atoms with E-state index < -0.39 is 0 Å². The topological polar surface area (TPSA) is 45.7 Å². The summed E-state index contributed by atoms with van der Waals surface area (Å²) in [5, 5.41) is 0. The lowest BCUT2D eigenvalue weighted by Gasteiger charge is -2.39. The van der Waals surface area contributed by atoms with Crippen LogP contribution in [0.25, 0.3) is 5.70 Å². The molecule has 0 N–H and O–H groups in total. The summed E-state index contributed by atoms with van der Waals surface area (Å²) in [6.45, 7) is 6.61. The van der Waals surface area contributed by atoms with Gasteiger partial charge in [0.15, 0.2) is 0 Å². The van der Waals surface area contributed by atoms with E-state index in [9.17, 15) is 4.79 Å². The first-order chi connectivity index (χ1) is 12.0. The van der Waals surface area contributed by atoms with Crippen molar-refractivity contribution in [2.45, 2.75) is 24.6 Å². The van der Waals surface area contributed by atoms with Gasteiger partial charge in [0.25, 0.3) is 0 Å². The van der Waals surface area contributed by atoms with E-state index >= 15 is 0 Å². The van der Waals surface area contributed by atoms with Crippen LogP contribution in [-0.2, 0) is 9.53 Å². The monoisotopic (exact) mass is 359 g/mol. The Balaban J connectivity index is 1.90. The molecule has 1 unspecified atom stereocenters. The van der Waals surface area contributed by atoms with Gasteiger partial charge in [-0.1, -0.05) is 18.2 Å². The quantitative estimate of drug-likeness (QED) is 0.473. The minimum absolute atomic E-state index is 0.0465. The summed E-state index contributed by atoms with van der Waals surface area (Å²) in [6.07, 6.45) is 8.66. The maximum absolute atomic E-state index is 12.0. The number of alkyl halides is 1. The van der Waals surface area contributed by atoms with Gasteiger partial charge in [0, 0.05) is 37.2 Å². The predicted molar refractivity (Wildman–Crippen MR) is 98.8 cm³/mol. The molecule has 0 spiro atoms. The van der Waals surface area contributed by atoms with Crippen LogP contribution in [0.2, 0.25) is 0 Å². The summed E-state index contributed by atoms with van der Waals surface area (Å²) in [5.41, 5.74) is 2.74. The Morgan fingerprint density at radius 1 is 1.40 bits per heavy atom. The molecule has 132 valence electrons. The number of hydrogen-bond donors (Lipinski definition) is 0. The van der Waals surface area contributed by atoms with Crippen molar-refractivity contribution < 1.29 is 9.53 Å². The minimum Gasteiger partial charge on any atom is -0.367 e. The standard InChI is InChI=1S/C19H22ClN3O2/c1-4-19(24)23-11-13(2)25-17(12-23)15-9-16(22(3)18(20)10-15)14-5-7-21-8-6-14/h4-10,13,17-18H,1,11-12H2,2-3H3/t13-,17+,18?/m0/s1. The predicted octanol–water partition coefficient (Wildman–Crippen LogP) is 2.66. The number of halogens is 1. The van der Waals surface area contributed by atoms with Crippen molar-refractivity contribution in [2.24, 2.45) is 0 Å². The fourth-order valence-electron chi connectivity index (χ4n) is 3.17. The smallest absolute Gasteiger partial charge is 0.246 e. The van der Waals surface area contributed by atoms with E-state index in [-0.39, 0.29) is 23.6 Å². The van der Waals surface area contributed by atoms with Crippen molar-refractivity contribution in [1.82, 2.24) is 14.8 Å². The van der Waals surface area contributed by atoms with Gasteiger partial charge in [-0.3, -0.25) is 9.78 Å². The molecule has 3 atom stereocenters. The lowest BCUT2D eigenvalue weighted by atomic mass is 9.99. The van der Waals surface area contributed by atoms with Gasteiger partial charge >= 0.3 is 0 Å². The molecule has 0 bridgehead atoms. The van der Waals surface area contributed by atoms with Crippen LogP contribution in [0, 0.1) is 0 Å². The molecule has 3 rings (SSSR count). The van der Waals surface area contributed by atoms with Gasteiger partial charge in [0.1, 0.15) is 11.6 Å². The van der Waals surface area contributed by atoms with E-state index in [2.05, 4.69) is 17.6 Å². The number of ether oxygens (including phenoxy) is 1. The molecule has 25 heavy (non-hydrogen) atoms. The third-order valence-corrected chi connectivity index (χ3v) is 4.90. The SMILES string of the molecule is C=CC(=O)N1C[C@H](C)O[C@@H](C2=CC(Cl)N(C)C(c3ccncc3)=C2)C1. The maximum Gasteiger partial charge on any atom is 0.246 e. The second-order valence-electron chi connectivity index (χ2n) is 6.30. The lowest BCUT2D eigenvalue weighted by Crippen LogP contribution is -2.49. The summed E-state index contributed by atoms with van der Waals surface area (Å²) < 4.78 is 6.09. The van der Waals surface area contributed by atoms with Gasteiger partial charge in [-0.05, 0) is 42.9 Å². The summed E-state index contributed by atoms with van der Waals surface area (Å²) in [4.78, 5) is 19.9. The number of amides is 1. The van der Waals surface area contributed by atoms with Crippen molar-refractivity contribution in [3.63, 3.8) is 0 Å². The molecule has 5 nitrogen and oxygen atoms in total. The van der Waals surface area contributed by atoms with Crippen molar-refractivity contribution in [3.8, 4) is 0 Å². The zero-order valence-corrected chi connectivity index (χ0v) is 15.2. The zero-order chi connectivity index (χ0) is 18.0. The van der Waals surface area contributed by atoms with Crippen molar-refractivity contribution >= 4 is 23.2 Å². The number of nitrogens with zero attached hydrogens (tertiary/aromatic N) is 3. The summed E-state index contributed by atoms with van der Waals surface area (Å²) in [6, 6.07) is 3.90. The Kier molecular flexibility index (Phi) is 5.25. The van der Waals surface area contributed by atoms with Crippen molar-refractivity contribution in [1.29, 1.82) is 0 Å². The number of morpholine rings is 1. The molecular weight excluding hydrogens is 338 g/mol. The number of hydrogen-bond acceptors (Lipinski definition) is 4. The Hall–Kier alpha value is -2.11. The number of rotatable bonds is 3. The van der Waals surface area contributed by atoms with E-state index in [0.717, 1.165) is 16.8 Å². The largest absolute Gasteiger partial charge is 0.367 e. The first kappa shape index (κ1) is 17.7. The average Bonchev–Trinajstić information content (AvgIpc) is 2.63. The molecule has 1 aromatic heterocycles. The van der Waals surface area contributed by atoms with Crippen LogP contribution in [0.3, 0.4) is 0 Å². The summed E-state index contributed by atoms with van der Waals surface area (Å²) >= 11 is 6.53. The van der Waals surface area contributed by atoms with E-state index in [1.54, 1.807) is 17.3 Å². The minimum atomic E-state index is -0.285. The van der Waals surface area contributed by atoms with Gasteiger partial charge in [-0.15, -0.1) is 0 Å². The van der Waals surface area contributed by atoms with Crippen molar-refractivity contribution in [3.05, 3.63) is 60.5 Å². The van der Waals surface area contributed by atoms with E-state index in [1.807, 2.05) is 37.1 Å². The molecule has 2 aliphatic heterocycles. The highest BCUT2D eigenvalue weighted by Crippen LogP contribution is 2.31. The number of carbonyl (C=O) groups excluding carboxylic acids is 1. The molecule has 2 aliphatic rings. The first-order valence-electron chi connectivity index (χ1n) is 8.27. The van der Waals surface area contributed by atoms with Crippen LogP contribution in [0.15, 0.2) is 54.9 Å². The molecule has 0 aliphatic carbocycles. The average molecular weight is 360 g/mol. The normalized spacial score (nSPS) is 26.8. The van der Waals surface area contributed by atoms with Gasteiger partial charge in [0.05, 0.1) is 12.6 Å². The molecule has 1 fully saturated rings. The Morgan fingerprint density at radius 3 is 2.80 bits per heavy atom. The maximum atomic E-state index is 12.0. The van der Waals surface area contributed by atoms with Crippen LogP contribution in [0.1, 0.15) is 12.5 Å². The second-order valence-corrected chi connectivity index (χ2v) is 6.75. The highest BCUT2D eigenvalue weighted by molar-refractivity contribution is 6.22. The summed E-state index contributed by atoms with van der Waals surface area (Å²) in [7, 11) is 1.95. The number of pyridine rings is 1. The van der Waals surface area contributed by atoms with Gasteiger partial charge in [-0.25, -0.2) is 0 Å². The summed E-state index contributed by atoms with van der Waals surface area (Å²) in [5.74, 6) is -0.0746. The van der Waals surface area contributed by atoms with Crippen LogP contribution in [0.4, 0.5) is 0 Å². The third kappa shape index (κ3) is 3.78. The molecule has 1 aromatic rings. The number of aromatic nitrogens is 1. The molecule has 1 amide bonds. The molecule has 0 aromatic carbocycles. The van der Waals surface area contributed by atoms with Crippen LogP contribution < -0.4 is 0 Å². The fourth-order valence-corrected chi connectivity index (χ4v) is 3.42. The molecule has 0 radical (unpaired) electrons. The first-order valence-corrected chi connectivity index (χ1v) is 8.70. The Labute approximate surface area is 153 Å². The van der Waals surface area contributed by atoms with Crippen molar-refractivity contribution in [2.75, 3.05) is 20.1 Å². The molecule has 3 heterocycles. The van der Waals surface area contributed by atoms with Crippen LogP contribution >= 0.6 is 11.6 Å². The van der Waals surface area contributed by atoms with Crippen LogP contribution in [0.5, 0.6) is 0 Å². The molecule has 1 saturated heterocycles. The van der Waals surface area contributed by atoms with E-state index in [4.69, 9.17) is 16.3 Å². The van der Waals surface area contributed by atoms with Gasteiger partial charge in [0.2, 0.25) is 5.91 Å². The van der Waals surface area contributed by atoms with Crippen LogP contribution in [-0.4, -0.2) is 58.5 Å². The molecule has 0 saturated carbocycles. The molecular formula is C19H22ClN3O2. The highest BCUT2D eigenvalue weighted by atomic mass is 35.5. The van der Waals surface area contributed by atoms with E-state index in [0.29, 0.717) is 13.1 Å². The molecule has 6 heteroatoms. The van der Waals surface area contributed by atoms with Gasteiger partial charge in [-0.2, -0.15) is 0 Å². The second kappa shape index (κ2) is 7.42. The third-order valence-electron chi connectivity index (χ3n) is 4.48. The number of carbonyl (C=O) groups is 1. The number of likely N-dealkylation sites (N-methyl/N-ethyl adjacent to an activating group) is 1. The highest BCUT2D eigenvalue weighted by Gasteiger charge is 2.31. The lowest BCUT2D eigenvalue weighted by molar-refractivity contribution is -0.136. The van der Waals surface area contributed by atoms with Gasteiger partial charge < -0.3 is 14.5 Å². The Bertz CT molecular complexity index is 717.